The van der Waals surface area contributed by atoms with E-state index in [1.165, 1.54) is 6.42 Å². The summed E-state index contributed by atoms with van der Waals surface area (Å²) in [6.45, 7) is 7.97. The second-order valence-corrected chi connectivity index (χ2v) is 3.69. The van der Waals surface area contributed by atoms with Crippen molar-refractivity contribution in [1.82, 2.24) is 4.90 Å². The van der Waals surface area contributed by atoms with Gasteiger partial charge in [-0.15, -0.1) is 0 Å². The summed E-state index contributed by atoms with van der Waals surface area (Å²) in [5, 5.41) is 9.62. The van der Waals surface area contributed by atoms with Gasteiger partial charge in [0.15, 0.2) is 0 Å². The molecule has 13 heavy (non-hydrogen) atoms. The van der Waals surface area contributed by atoms with Crippen molar-refractivity contribution < 1.29 is 9.84 Å². The van der Waals surface area contributed by atoms with Gasteiger partial charge in [-0.2, -0.15) is 0 Å². The Kier molecular flexibility index (Phi) is 4.70. The van der Waals surface area contributed by atoms with Crippen LogP contribution in [0.5, 0.6) is 0 Å². The van der Waals surface area contributed by atoms with Crippen LogP contribution < -0.4 is 0 Å². The first-order chi connectivity index (χ1) is 6.27. The Labute approximate surface area is 80.7 Å². The Hall–Kier alpha value is -0.120. The summed E-state index contributed by atoms with van der Waals surface area (Å²) in [7, 11) is 0. The van der Waals surface area contributed by atoms with E-state index in [2.05, 4.69) is 11.8 Å². The molecule has 0 aromatic rings. The minimum absolute atomic E-state index is 0.0327. The lowest BCUT2D eigenvalue weighted by atomic mass is 10.1. The van der Waals surface area contributed by atoms with Crippen molar-refractivity contribution in [1.29, 1.82) is 0 Å². The minimum atomic E-state index is -0.292. The van der Waals surface area contributed by atoms with Gasteiger partial charge in [0.1, 0.15) is 0 Å². The Balaban J connectivity index is 2.32. The van der Waals surface area contributed by atoms with E-state index in [1.54, 1.807) is 0 Å². The molecule has 1 N–H and O–H groups in total. The fourth-order valence-electron chi connectivity index (χ4n) is 1.75. The zero-order chi connectivity index (χ0) is 9.68. The highest BCUT2D eigenvalue weighted by Crippen LogP contribution is 2.11. The van der Waals surface area contributed by atoms with E-state index < -0.39 is 0 Å². The van der Waals surface area contributed by atoms with E-state index in [0.717, 1.165) is 32.7 Å². The van der Waals surface area contributed by atoms with Crippen LogP contribution in [0.4, 0.5) is 0 Å². The molecule has 0 aliphatic carbocycles. The van der Waals surface area contributed by atoms with Gasteiger partial charge >= 0.3 is 0 Å². The summed E-state index contributed by atoms with van der Waals surface area (Å²) in [4.78, 5) is 2.37. The summed E-state index contributed by atoms with van der Waals surface area (Å²) in [6, 6.07) is 0. The van der Waals surface area contributed by atoms with Crippen LogP contribution in [0.3, 0.4) is 0 Å². The molecular formula is C10H21NO2. The van der Waals surface area contributed by atoms with E-state index in [-0.39, 0.29) is 12.2 Å². The number of hydrogen-bond acceptors (Lipinski definition) is 3. The highest BCUT2D eigenvalue weighted by molar-refractivity contribution is 4.76. The van der Waals surface area contributed by atoms with Crippen LogP contribution in [-0.2, 0) is 4.74 Å². The van der Waals surface area contributed by atoms with Gasteiger partial charge in [-0.25, -0.2) is 0 Å². The number of ether oxygens (including phenoxy) is 1. The molecule has 78 valence electrons. The minimum Gasteiger partial charge on any atom is -0.390 e. The number of aliphatic hydroxyl groups is 1. The number of morpholine rings is 1. The molecule has 0 saturated carbocycles. The molecule has 1 fully saturated rings. The van der Waals surface area contributed by atoms with Gasteiger partial charge in [0.25, 0.3) is 0 Å². The molecule has 3 heteroatoms. The van der Waals surface area contributed by atoms with Crippen molar-refractivity contribution >= 4 is 0 Å². The Morgan fingerprint density at radius 2 is 2.31 bits per heavy atom. The monoisotopic (exact) mass is 187 g/mol. The van der Waals surface area contributed by atoms with Crippen molar-refractivity contribution in [3.63, 3.8) is 0 Å². The van der Waals surface area contributed by atoms with E-state index in [1.807, 2.05) is 6.92 Å². The molecule has 3 nitrogen and oxygen atoms in total. The molecule has 0 radical (unpaired) electrons. The smallest absolute Gasteiger partial charge is 0.0960 e. The van der Waals surface area contributed by atoms with Crippen molar-refractivity contribution in [2.45, 2.75) is 38.9 Å². The third kappa shape index (κ3) is 3.25. The summed E-state index contributed by atoms with van der Waals surface area (Å²) >= 11 is 0. The molecule has 0 aromatic heterocycles. The number of aliphatic hydroxyl groups excluding tert-OH is 1. The largest absolute Gasteiger partial charge is 0.390 e. The summed E-state index contributed by atoms with van der Waals surface area (Å²) in [6.07, 6.45) is 1.70. The van der Waals surface area contributed by atoms with E-state index in [4.69, 9.17) is 4.74 Å². The zero-order valence-electron chi connectivity index (χ0n) is 8.70. The molecular weight excluding hydrogens is 166 g/mol. The molecule has 1 heterocycles. The molecule has 0 amide bonds. The van der Waals surface area contributed by atoms with Gasteiger partial charge in [-0.05, 0) is 19.4 Å². The molecule has 0 spiro atoms. The molecule has 1 aliphatic heterocycles. The van der Waals surface area contributed by atoms with Crippen molar-refractivity contribution in [3.05, 3.63) is 0 Å². The lowest BCUT2D eigenvalue weighted by Crippen LogP contribution is -2.47. The Bertz CT molecular complexity index is 139. The number of hydrogen-bond donors (Lipinski definition) is 1. The van der Waals surface area contributed by atoms with E-state index in [9.17, 15) is 5.11 Å². The summed E-state index contributed by atoms with van der Waals surface area (Å²) < 4.78 is 5.52. The highest BCUT2D eigenvalue weighted by atomic mass is 16.5. The quantitative estimate of drug-likeness (QED) is 0.709. The Morgan fingerprint density at radius 3 is 2.92 bits per heavy atom. The lowest BCUT2D eigenvalue weighted by molar-refractivity contribution is -0.0888. The van der Waals surface area contributed by atoms with Gasteiger partial charge in [0.05, 0.1) is 18.8 Å². The normalized spacial score (nSPS) is 27.5. The first-order valence-electron chi connectivity index (χ1n) is 5.30. The van der Waals surface area contributed by atoms with Crippen LogP contribution in [-0.4, -0.2) is 48.5 Å². The van der Waals surface area contributed by atoms with Gasteiger partial charge in [-0.1, -0.05) is 13.8 Å². The first kappa shape index (κ1) is 11.0. The standard InChI is InChI=1S/C10H21NO2/c1-3-5-11-6-7-13-10(8-11)9(12)4-2/h9-10,12H,3-8H2,1-2H3. The highest BCUT2D eigenvalue weighted by Gasteiger charge is 2.24. The van der Waals surface area contributed by atoms with Gasteiger partial charge in [0, 0.05) is 13.1 Å². The second-order valence-electron chi connectivity index (χ2n) is 3.69. The number of rotatable bonds is 4. The topological polar surface area (TPSA) is 32.7 Å². The van der Waals surface area contributed by atoms with E-state index in [0.29, 0.717) is 0 Å². The van der Waals surface area contributed by atoms with E-state index >= 15 is 0 Å². The van der Waals surface area contributed by atoms with Crippen LogP contribution in [0, 0.1) is 0 Å². The summed E-state index contributed by atoms with van der Waals surface area (Å²) in [5.74, 6) is 0. The first-order valence-corrected chi connectivity index (χ1v) is 5.30. The molecule has 2 atom stereocenters. The molecule has 1 saturated heterocycles. The van der Waals surface area contributed by atoms with Crippen LogP contribution in [0.15, 0.2) is 0 Å². The maximum Gasteiger partial charge on any atom is 0.0960 e. The van der Waals surface area contributed by atoms with Crippen molar-refractivity contribution in [2.75, 3.05) is 26.2 Å². The van der Waals surface area contributed by atoms with Gasteiger partial charge < -0.3 is 9.84 Å². The van der Waals surface area contributed by atoms with Gasteiger partial charge in [0.2, 0.25) is 0 Å². The van der Waals surface area contributed by atoms with Crippen molar-refractivity contribution in [2.24, 2.45) is 0 Å². The SMILES string of the molecule is CCCN1CCOC(C(O)CC)C1. The fourth-order valence-corrected chi connectivity index (χ4v) is 1.75. The van der Waals surface area contributed by atoms with Crippen LogP contribution >= 0.6 is 0 Å². The third-order valence-electron chi connectivity index (χ3n) is 2.56. The molecule has 1 aliphatic rings. The van der Waals surface area contributed by atoms with Crippen molar-refractivity contribution in [3.8, 4) is 0 Å². The molecule has 0 aromatic carbocycles. The van der Waals surface area contributed by atoms with Gasteiger partial charge in [-0.3, -0.25) is 4.90 Å². The predicted octanol–water partition coefficient (Wildman–Crippen LogP) is 0.868. The Morgan fingerprint density at radius 1 is 1.54 bits per heavy atom. The average Bonchev–Trinajstić information content (AvgIpc) is 2.18. The van der Waals surface area contributed by atoms with Crippen LogP contribution in [0.1, 0.15) is 26.7 Å². The average molecular weight is 187 g/mol. The molecule has 1 rings (SSSR count). The predicted molar refractivity (Wildman–Crippen MR) is 52.8 cm³/mol. The second kappa shape index (κ2) is 5.58. The van der Waals surface area contributed by atoms with Crippen LogP contribution in [0.25, 0.3) is 0 Å². The molecule has 0 bridgehead atoms. The molecule has 2 unspecified atom stereocenters. The maximum atomic E-state index is 9.62. The number of nitrogens with zero attached hydrogens (tertiary/aromatic N) is 1. The zero-order valence-corrected chi connectivity index (χ0v) is 8.70. The fraction of sp³-hybridized carbons (Fsp3) is 1.00. The summed E-state index contributed by atoms with van der Waals surface area (Å²) in [5.41, 5.74) is 0. The van der Waals surface area contributed by atoms with Crippen LogP contribution in [0.2, 0.25) is 0 Å². The lowest BCUT2D eigenvalue weighted by Gasteiger charge is -2.34. The third-order valence-corrected chi connectivity index (χ3v) is 2.56. The maximum absolute atomic E-state index is 9.62.